The standard InChI is InChI=1S/C22H25N3OS/c1-15-22(27-20(24-15)12-16-5-2-3-6-16)25(21(26)19-9-10-19)14-18-8-4-7-17(11-18)13-23/h4,7-8,11,16,19H,2-3,5-6,9-10,12,14H2,1H3. The fourth-order valence-electron chi connectivity index (χ4n) is 3.96. The first kappa shape index (κ1) is 18.2. The van der Waals surface area contributed by atoms with Gasteiger partial charge in [-0.1, -0.05) is 37.8 Å². The quantitative estimate of drug-likeness (QED) is 0.710. The van der Waals surface area contributed by atoms with Crippen LogP contribution in [0.25, 0.3) is 0 Å². The number of anilines is 1. The second-order valence-corrected chi connectivity index (χ2v) is 8.93. The summed E-state index contributed by atoms with van der Waals surface area (Å²) in [5.74, 6) is 1.11. The number of aromatic nitrogens is 1. The Morgan fingerprint density at radius 1 is 1.30 bits per heavy atom. The Morgan fingerprint density at radius 2 is 2.07 bits per heavy atom. The van der Waals surface area contributed by atoms with E-state index in [0.29, 0.717) is 12.1 Å². The van der Waals surface area contributed by atoms with Crippen molar-refractivity contribution >= 4 is 22.2 Å². The summed E-state index contributed by atoms with van der Waals surface area (Å²) in [4.78, 5) is 19.7. The van der Waals surface area contributed by atoms with Gasteiger partial charge in [0.2, 0.25) is 5.91 Å². The molecule has 4 rings (SSSR count). The van der Waals surface area contributed by atoms with Gasteiger partial charge in [-0.05, 0) is 43.4 Å². The predicted molar refractivity (Wildman–Crippen MR) is 108 cm³/mol. The van der Waals surface area contributed by atoms with Gasteiger partial charge >= 0.3 is 0 Å². The second kappa shape index (κ2) is 7.82. The molecule has 0 N–H and O–H groups in total. The Balaban J connectivity index is 1.59. The van der Waals surface area contributed by atoms with Gasteiger partial charge in [0.25, 0.3) is 0 Å². The normalized spacial score (nSPS) is 17.0. The maximum Gasteiger partial charge on any atom is 0.231 e. The number of carbonyl (C=O) groups excluding carboxylic acids is 1. The third-order valence-electron chi connectivity index (χ3n) is 5.59. The van der Waals surface area contributed by atoms with E-state index in [2.05, 4.69) is 6.07 Å². The van der Waals surface area contributed by atoms with Gasteiger partial charge in [-0.3, -0.25) is 9.69 Å². The van der Waals surface area contributed by atoms with Crippen LogP contribution in [-0.4, -0.2) is 10.9 Å². The fourth-order valence-corrected chi connectivity index (χ4v) is 5.15. The largest absolute Gasteiger partial charge is 0.298 e. The summed E-state index contributed by atoms with van der Waals surface area (Å²) in [6.45, 7) is 2.53. The van der Waals surface area contributed by atoms with E-state index >= 15 is 0 Å². The smallest absolute Gasteiger partial charge is 0.231 e. The summed E-state index contributed by atoms with van der Waals surface area (Å²) in [7, 11) is 0. The van der Waals surface area contributed by atoms with Crippen LogP contribution in [0.4, 0.5) is 5.00 Å². The van der Waals surface area contributed by atoms with E-state index in [4.69, 9.17) is 10.2 Å². The third-order valence-corrected chi connectivity index (χ3v) is 6.79. The van der Waals surface area contributed by atoms with Crippen LogP contribution in [0.1, 0.15) is 60.4 Å². The van der Waals surface area contributed by atoms with Crippen molar-refractivity contribution in [3.05, 3.63) is 46.1 Å². The van der Waals surface area contributed by atoms with Crippen LogP contribution in [0.5, 0.6) is 0 Å². The van der Waals surface area contributed by atoms with Crippen LogP contribution in [0.3, 0.4) is 0 Å². The van der Waals surface area contributed by atoms with E-state index in [1.807, 2.05) is 30.0 Å². The van der Waals surface area contributed by atoms with Gasteiger partial charge in [-0.15, -0.1) is 11.3 Å². The van der Waals surface area contributed by atoms with Gasteiger partial charge in [0.1, 0.15) is 5.00 Å². The number of rotatable bonds is 6. The lowest BCUT2D eigenvalue weighted by atomic mass is 10.1. The molecule has 140 valence electrons. The lowest BCUT2D eigenvalue weighted by Crippen LogP contribution is -2.31. The molecule has 0 bridgehead atoms. The summed E-state index contributed by atoms with van der Waals surface area (Å²) in [6, 6.07) is 9.74. The molecular formula is C22H25N3OS. The Hall–Kier alpha value is -2.19. The lowest BCUT2D eigenvalue weighted by Gasteiger charge is -2.22. The topological polar surface area (TPSA) is 57.0 Å². The van der Waals surface area contributed by atoms with Crippen LogP contribution in [-0.2, 0) is 17.8 Å². The summed E-state index contributed by atoms with van der Waals surface area (Å²) < 4.78 is 0. The maximum absolute atomic E-state index is 13.0. The number of hydrogen-bond acceptors (Lipinski definition) is 4. The molecule has 0 spiro atoms. The lowest BCUT2D eigenvalue weighted by molar-refractivity contribution is -0.119. The molecule has 2 aliphatic rings. The highest BCUT2D eigenvalue weighted by Gasteiger charge is 2.35. The molecule has 2 aliphatic carbocycles. The fraction of sp³-hybridized carbons (Fsp3) is 0.500. The number of nitriles is 1. The Kier molecular flexibility index (Phi) is 5.27. The van der Waals surface area contributed by atoms with E-state index in [0.717, 1.165) is 46.4 Å². The molecule has 0 saturated heterocycles. The number of benzene rings is 1. The SMILES string of the molecule is Cc1nc(CC2CCCC2)sc1N(Cc1cccc(C#N)c1)C(=O)C1CC1. The van der Waals surface area contributed by atoms with Gasteiger partial charge in [-0.2, -0.15) is 5.26 Å². The highest BCUT2D eigenvalue weighted by Crippen LogP contribution is 2.38. The molecule has 1 amide bonds. The summed E-state index contributed by atoms with van der Waals surface area (Å²) in [5.41, 5.74) is 2.58. The van der Waals surface area contributed by atoms with Crippen LogP contribution < -0.4 is 4.90 Å². The first-order valence-electron chi connectivity index (χ1n) is 9.91. The summed E-state index contributed by atoms with van der Waals surface area (Å²) >= 11 is 1.69. The first-order chi connectivity index (χ1) is 13.1. The molecule has 27 heavy (non-hydrogen) atoms. The van der Waals surface area contributed by atoms with Gasteiger partial charge in [0.15, 0.2) is 0 Å². The first-order valence-corrected chi connectivity index (χ1v) is 10.7. The van der Waals surface area contributed by atoms with Crippen LogP contribution in [0, 0.1) is 30.1 Å². The van der Waals surface area contributed by atoms with Crippen LogP contribution in [0.2, 0.25) is 0 Å². The number of aryl methyl sites for hydroxylation is 1. The minimum Gasteiger partial charge on any atom is -0.298 e. The number of carbonyl (C=O) groups is 1. The molecule has 1 heterocycles. The van der Waals surface area contributed by atoms with Crippen molar-refractivity contribution in [3.8, 4) is 6.07 Å². The molecule has 1 aromatic heterocycles. The zero-order chi connectivity index (χ0) is 18.8. The molecular weight excluding hydrogens is 354 g/mol. The minimum absolute atomic E-state index is 0.156. The maximum atomic E-state index is 13.0. The Morgan fingerprint density at radius 3 is 2.78 bits per heavy atom. The molecule has 1 aromatic carbocycles. The Bertz CT molecular complexity index is 872. The van der Waals surface area contributed by atoms with Crippen molar-refractivity contribution in [2.75, 3.05) is 4.90 Å². The zero-order valence-corrected chi connectivity index (χ0v) is 16.6. The minimum atomic E-state index is 0.156. The van der Waals surface area contributed by atoms with E-state index in [1.54, 1.807) is 17.4 Å². The van der Waals surface area contributed by atoms with Crippen molar-refractivity contribution in [1.82, 2.24) is 4.98 Å². The average Bonchev–Trinajstić information content (AvgIpc) is 3.29. The molecule has 2 saturated carbocycles. The van der Waals surface area contributed by atoms with Gasteiger partial charge in [-0.25, -0.2) is 4.98 Å². The Labute approximate surface area is 164 Å². The second-order valence-electron chi connectivity index (χ2n) is 7.86. The van der Waals surface area contributed by atoms with Gasteiger partial charge in [0, 0.05) is 12.3 Å². The highest BCUT2D eigenvalue weighted by molar-refractivity contribution is 7.16. The van der Waals surface area contributed by atoms with Gasteiger partial charge in [0.05, 0.1) is 28.9 Å². The molecule has 4 nitrogen and oxygen atoms in total. The molecule has 0 atom stereocenters. The molecule has 2 fully saturated rings. The van der Waals surface area contributed by atoms with E-state index in [-0.39, 0.29) is 11.8 Å². The monoisotopic (exact) mass is 379 g/mol. The number of thiazole rings is 1. The van der Waals surface area contributed by atoms with Crippen molar-refractivity contribution < 1.29 is 4.79 Å². The zero-order valence-electron chi connectivity index (χ0n) is 15.8. The van der Waals surface area contributed by atoms with Crippen LogP contribution in [0.15, 0.2) is 24.3 Å². The average molecular weight is 380 g/mol. The molecule has 0 aliphatic heterocycles. The van der Waals surface area contributed by atoms with Crippen molar-refractivity contribution in [2.24, 2.45) is 11.8 Å². The summed E-state index contributed by atoms with van der Waals surface area (Å²) in [5, 5.41) is 11.3. The predicted octanol–water partition coefficient (Wildman–Crippen LogP) is 5.00. The molecule has 0 radical (unpaired) electrons. The molecule has 5 heteroatoms. The van der Waals surface area contributed by atoms with Crippen molar-refractivity contribution in [2.45, 2.75) is 58.4 Å². The van der Waals surface area contributed by atoms with Gasteiger partial charge < -0.3 is 0 Å². The molecule has 2 aromatic rings. The third kappa shape index (κ3) is 4.22. The number of amides is 1. The van der Waals surface area contributed by atoms with Crippen LogP contribution >= 0.6 is 11.3 Å². The number of hydrogen-bond donors (Lipinski definition) is 0. The van der Waals surface area contributed by atoms with E-state index < -0.39 is 0 Å². The van der Waals surface area contributed by atoms with Crippen molar-refractivity contribution in [3.63, 3.8) is 0 Å². The van der Waals surface area contributed by atoms with Crippen molar-refractivity contribution in [1.29, 1.82) is 5.26 Å². The van der Waals surface area contributed by atoms with E-state index in [9.17, 15) is 4.79 Å². The highest BCUT2D eigenvalue weighted by atomic mass is 32.1. The molecule has 0 unspecified atom stereocenters. The van der Waals surface area contributed by atoms with E-state index in [1.165, 1.54) is 25.7 Å². The summed E-state index contributed by atoms with van der Waals surface area (Å²) in [6.07, 6.45) is 8.30. The number of nitrogens with zero attached hydrogens (tertiary/aromatic N) is 3.